The van der Waals surface area contributed by atoms with Crippen LogP contribution in [0.5, 0.6) is 5.75 Å². The van der Waals surface area contributed by atoms with Crippen LogP contribution in [0.1, 0.15) is 20.7 Å². The Morgan fingerprint density at radius 2 is 1.57 bits per heavy atom. The number of nitrogens with one attached hydrogen (secondary N) is 3. The molecular weight excluding hydrogens is 550 g/mol. The summed E-state index contributed by atoms with van der Waals surface area (Å²) >= 11 is 15.0. The van der Waals surface area contributed by atoms with Crippen LogP contribution in [0, 0.1) is 0 Å². The van der Waals surface area contributed by atoms with Gasteiger partial charge in [-0.15, -0.1) is 0 Å². The zero-order valence-electron chi connectivity index (χ0n) is 18.4. The molecule has 9 heteroatoms. The van der Waals surface area contributed by atoms with Crippen LogP contribution in [0.15, 0.2) is 83.3 Å². The van der Waals surface area contributed by atoms with Crippen LogP contribution in [0.2, 0.25) is 5.02 Å². The van der Waals surface area contributed by atoms with Crippen molar-refractivity contribution in [1.82, 2.24) is 5.32 Å². The lowest BCUT2D eigenvalue weighted by Gasteiger charge is -2.15. The first-order valence-electron chi connectivity index (χ1n) is 10.4. The molecule has 4 aromatic rings. The molecule has 0 aliphatic rings. The predicted molar refractivity (Wildman–Crippen MR) is 148 cm³/mol. The largest absolute Gasteiger partial charge is 0.494 e. The van der Waals surface area contributed by atoms with E-state index >= 15 is 0 Å². The number of carbonyl (C=O) groups excluding carboxylic acids is 2. The molecule has 0 unspecified atom stereocenters. The van der Waals surface area contributed by atoms with Crippen LogP contribution in [0.25, 0.3) is 10.8 Å². The number of carbonyl (C=O) groups is 2. The van der Waals surface area contributed by atoms with Gasteiger partial charge in [0.1, 0.15) is 5.75 Å². The molecule has 2 amide bonds. The van der Waals surface area contributed by atoms with Gasteiger partial charge >= 0.3 is 0 Å². The van der Waals surface area contributed by atoms with E-state index in [-0.39, 0.29) is 16.9 Å². The van der Waals surface area contributed by atoms with E-state index in [1.165, 1.54) is 7.11 Å². The average molecular weight is 569 g/mol. The van der Waals surface area contributed by atoms with E-state index in [0.29, 0.717) is 33.3 Å². The molecule has 0 bridgehead atoms. The van der Waals surface area contributed by atoms with Gasteiger partial charge in [0, 0.05) is 21.8 Å². The van der Waals surface area contributed by atoms with Gasteiger partial charge in [0.25, 0.3) is 11.8 Å². The van der Waals surface area contributed by atoms with E-state index in [2.05, 4.69) is 31.9 Å². The SMILES string of the molecule is COc1cc(NC(=S)NC(=O)c2cccc3c(Br)cccc23)ccc1NC(=O)c1ccccc1Cl. The Kier molecular flexibility index (Phi) is 7.65. The fourth-order valence-corrected chi connectivity index (χ4v) is 4.44. The van der Waals surface area contributed by atoms with Gasteiger partial charge in [0.05, 0.1) is 23.4 Å². The van der Waals surface area contributed by atoms with Gasteiger partial charge in [-0.05, 0) is 59.4 Å². The van der Waals surface area contributed by atoms with E-state index in [1.807, 2.05) is 30.3 Å². The van der Waals surface area contributed by atoms with Gasteiger partial charge in [0.2, 0.25) is 0 Å². The second-order valence-corrected chi connectivity index (χ2v) is 9.07. The summed E-state index contributed by atoms with van der Waals surface area (Å²) < 4.78 is 6.32. The summed E-state index contributed by atoms with van der Waals surface area (Å²) in [6.45, 7) is 0. The number of halogens is 2. The number of thiocarbonyl (C=S) groups is 1. The molecule has 0 atom stereocenters. The smallest absolute Gasteiger partial charge is 0.258 e. The van der Waals surface area contributed by atoms with Crippen molar-refractivity contribution < 1.29 is 14.3 Å². The second kappa shape index (κ2) is 10.9. The van der Waals surface area contributed by atoms with Crippen LogP contribution < -0.4 is 20.7 Å². The first kappa shape index (κ1) is 24.7. The Hall–Kier alpha value is -3.46. The number of benzene rings is 4. The standard InChI is InChI=1S/C26H19BrClN3O3S/c1-34-23-14-15(12-13-22(23)30-25(33)19-6-2-3-11-21(19)28)29-26(35)31-24(32)18-9-4-8-17-16(18)7-5-10-20(17)27/h2-14H,1H3,(H,30,33)(H2,29,31,32,35). The van der Waals surface area contributed by atoms with Gasteiger partial charge in [-0.3, -0.25) is 14.9 Å². The molecule has 0 fully saturated rings. The highest BCUT2D eigenvalue weighted by Gasteiger charge is 2.15. The van der Waals surface area contributed by atoms with E-state index in [1.54, 1.807) is 48.5 Å². The molecule has 3 N–H and O–H groups in total. The molecule has 4 aromatic carbocycles. The fourth-order valence-electron chi connectivity index (χ4n) is 3.51. The number of hydrogen-bond donors (Lipinski definition) is 3. The van der Waals surface area contributed by atoms with Crippen molar-refractivity contribution in [3.05, 3.63) is 99.5 Å². The summed E-state index contributed by atoms with van der Waals surface area (Å²) in [5.74, 6) is -0.288. The normalized spacial score (nSPS) is 10.5. The molecular formula is C26H19BrClN3O3S. The monoisotopic (exact) mass is 567 g/mol. The topological polar surface area (TPSA) is 79.5 Å². The maximum Gasteiger partial charge on any atom is 0.258 e. The third-order valence-electron chi connectivity index (χ3n) is 5.17. The Morgan fingerprint density at radius 3 is 2.34 bits per heavy atom. The minimum atomic E-state index is -0.362. The number of methoxy groups -OCH3 is 1. The Balaban J connectivity index is 1.46. The maximum absolute atomic E-state index is 12.9. The van der Waals surface area contributed by atoms with Gasteiger partial charge in [-0.2, -0.15) is 0 Å². The maximum atomic E-state index is 12.9. The molecule has 0 radical (unpaired) electrons. The molecule has 0 aromatic heterocycles. The molecule has 4 rings (SSSR count). The number of fused-ring (bicyclic) bond motifs is 1. The van der Waals surface area contributed by atoms with E-state index in [0.717, 1.165) is 15.2 Å². The minimum absolute atomic E-state index is 0.122. The predicted octanol–water partition coefficient (Wildman–Crippen LogP) is 6.64. The van der Waals surface area contributed by atoms with Gasteiger partial charge in [-0.25, -0.2) is 0 Å². The number of hydrogen-bond acceptors (Lipinski definition) is 4. The third kappa shape index (κ3) is 5.62. The summed E-state index contributed by atoms with van der Waals surface area (Å²) in [5.41, 5.74) is 1.88. The summed E-state index contributed by atoms with van der Waals surface area (Å²) in [7, 11) is 1.49. The fraction of sp³-hybridized carbons (Fsp3) is 0.0385. The molecule has 0 aliphatic carbocycles. The zero-order valence-corrected chi connectivity index (χ0v) is 21.6. The Labute approximate surface area is 220 Å². The first-order chi connectivity index (χ1) is 16.9. The number of anilines is 2. The highest BCUT2D eigenvalue weighted by atomic mass is 79.9. The first-order valence-corrected chi connectivity index (χ1v) is 12.0. The van der Waals surface area contributed by atoms with E-state index in [4.69, 9.17) is 28.6 Å². The lowest BCUT2D eigenvalue weighted by molar-refractivity contribution is 0.0978. The third-order valence-corrected chi connectivity index (χ3v) is 6.39. The molecule has 0 saturated heterocycles. The summed E-state index contributed by atoms with van der Waals surface area (Å²) in [6, 6.07) is 23.0. The number of amides is 2. The zero-order chi connectivity index (χ0) is 24.9. The molecule has 176 valence electrons. The quantitative estimate of drug-likeness (QED) is 0.235. The van der Waals surface area contributed by atoms with E-state index < -0.39 is 0 Å². The van der Waals surface area contributed by atoms with Gasteiger partial charge in [-0.1, -0.05) is 63.9 Å². The summed E-state index contributed by atoms with van der Waals surface area (Å²) in [4.78, 5) is 25.5. The highest BCUT2D eigenvalue weighted by Crippen LogP contribution is 2.29. The molecule has 35 heavy (non-hydrogen) atoms. The van der Waals surface area contributed by atoms with Crippen LogP contribution in [0.4, 0.5) is 11.4 Å². The average Bonchev–Trinajstić information content (AvgIpc) is 2.85. The van der Waals surface area contributed by atoms with Gasteiger partial charge < -0.3 is 15.4 Å². The number of ether oxygens (including phenoxy) is 1. The minimum Gasteiger partial charge on any atom is -0.494 e. The van der Waals surface area contributed by atoms with Crippen molar-refractivity contribution in [3.63, 3.8) is 0 Å². The van der Waals surface area contributed by atoms with Crippen LogP contribution in [-0.4, -0.2) is 24.0 Å². The summed E-state index contributed by atoms with van der Waals surface area (Å²) in [6.07, 6.45) is 0. The van der Waals surface area contributed by atoms with Crippen molar-refractivity contribution in [2.24, 2.45) is 0 Å². The van der Waals surface area contributed by atoms with Crippen molar-refractivity contribution >= 4 is 78.8 Å². The highest BCUT2D eigenvalue weighted by molar-refractivity contribution is 9.10. The second-order valence-electron chi connectivity index (χ2n) is 7.40. The molecule has 0 spiro atoms. The van der Waals surface area contributed by atoms with Crippen molar-refractivity contribution in [1.29, 1.82) is 0 Å². The van der Waals surface area contributed by atoms with E-state index in [9.17, 15) is 9.59 Å². The summed E-state index contributed by atoms with van der Waals surface area (Å²) in [5, 5.41) is 10.7. The van der Waals surface area contributed by atoms with Crippen LogP contribution >= 0.6 is 39.7 Å². The van der Waals surface area contributed by atoms with Crippen molar-refractivity contribution in [2.75, 3.05) is 17.7 Å². The van der Waals surface area contributed by atoms with Crippen molar-refractivity contribution in [3.8, 4) is 5.75 Å². The van der Waals surface area contributed by atoms with Crippen molar-refractivity contribution in [2.45, 2.75) is 0 Å². The van der Waals surface area contributed by atoms with Crippen LogP contribution in [-0.2, 0) is 0 Å². The Bertz CT molecular complexity index is 1460. The molecule has 0 saturated carbocycles. The number of rotatable bonds is 5. The Morgan fingerprint density at radius 1 is 0.857 bits per heavy atom. The molecule has 6 nitrogen and oxygen atoms in total. The molecule has 0 aliphatic heterocycles. The molecule has 0 heterocycles. The van der Waals surface area contributed by atoms with Crippen LogP contribution in [0.3, 0.4) is 0 Å². The lowest BCUT2D eigenvalue weighted by Crippen LogP contribution is -2.34. The van der Waals surface area contributed by atoms with Gasteiger partial charge in [0.15, 0.2) is 5.11 Å². The lowest BCUT2D eigenvalue weighted by atomic mass is 10.0.